The highest BCUT2D eigenvalue weighted by Gasteiger charge is 2.54. The first-order chi connectivity index (χ1) is 12.9. The number of hydrogen-bond donors (Lipinski definition) is 2. The molecule has 2 fully saturated rings. The summed E-state index contributed by atoms with van der Waals surface area (Å²) in [6, 6.07) is 4.60. The van der Waals surface area contributed by atoms with Crippen LogP contribution in [0.2, 0.25) is 0 Å². The number of carbonyl (C=O) groups is 3. The van der Waals surface area contributed by atoms with Crippen LogP contribution in [0, 0.1) is 6.92 Å². The molecular formula is C20H27N3O4. The molecule has 2 aliphatic rings. The van der Waals surface area contributed by atoms with Crippen LogP contribution < -0.4 is 15.4 Å². The maximum Gasteiger partial charge on any atom is 0.325 e. The standard InChI is InChI=1S/C20H27N3O4/c1-13-6-7-16(27-3)15(12-13)8-11-21-17(24)14(2)23-18(25)20(22-19(23)26)9-4-5-10-20/h6-7,12,14H,4-5,8-11H2,1-3H3,(H,21,24)(H,22,26). The Balaban J connectivity index is 1.59. The van der Waals surface area contributed by atoms with Gasteiger partial charge in [-0.1, -0.05) is 30.5 Å². The van der Waals surface area contributed by atoms with Crippen molar-refractivity contribution < 1.29 is 19.1 Å². The van der Waals surface area contributed by atoms with Gasteiger partial charge in [-0.05, 0) is 44.7 Å². The number of nitrogens with zero attached hydrogens (tertiary/aromatic N) is 1. The number of carbonyl (C=O) groups excluding carboxylic acids is 3. The van der Waals surface area contributed by atoms with Crippen molar-refractivity contribution in [3.63, 3.8) is 0 Å². The Bertz CT molecular complexity index is 756. The fourth-order valence-electron chi connectivity index (χ4n) is 4.00. The molecule has 7 heteroatoms. The van der Waals surface area contributed by atoms with E-state index in [1.807, 2.05) is 25.1 Å². The Hall–Kier alpha value is -2.57. The van der Waals surface area contributed by atoms with Crippen LogP contribution in [0.1, 0.15) is 43.7 Å². The quantitative estimate of drug-likeness (QED) is 0.746. The van der Waals surface area contributed by atoms with Gasteiger partial charge in [-0.25, -0.2) is 9.69 Å². The van der Waals surface area contributed by atoms with Gasteiger partial charge < -0.3 is 15.4 Å². The average Bonchev–Trinajstić information content (AvgIpc) is 3.20. The molecule has 1 aliphatic heterocycles. The van der Waals surface area contributed by atoms with Crippen molar-refractivity contribution >= 4 is 17.8 Å². The SMILES string of the molecule is COc1ccc(C)cc1CCNC(=O)C(C)N1C(=O)NC2(CCCC2)C1=O. The van der Waals surface area contributed by atoms with E-state index >= 15 is 0 Å². The number of rotatable bonds is 6. The molecule has 146 valence electrons. The number of hydrogen-bond acceptors (Lipinski definition) is 4. The Labute approximate surface area is 159 Å². The molecule has 1 aromatic carbocycles. The average molecular weight is 373 g/mol. The van der Waals surface area contributed by atoms with E-state index in [4.69, 9.17) is 4.74 Å². The summed E-state index contributed by atoms with van der Waals surface area (Å²) < 4.78 is 5.35. The zero-order valence-electron chi connectivity index (χ0n) is 16.1. The van der Waals surface area contributed by atoms with E-state index in [1.165, 1.54) is 0 Å². The van der Waals surface area contributed by atoms with Gasteiger partial charge in [0.15, 0.2) is 0 Å². The highest BCUT2D eigenvalue weighted by atomic mass is 16.5. The van der Waals surface area contributed by atoms with Crippen molar-refractivity contribution in [2.24, 2.45) is 0 Å². The van der Waals surface area contributed by atoms with Crippen LogP contribution in [0.5, 0.6) is 5.75 Å². The fourth-order valence-corrected chi connectivity index (χ4v) is 4.00. The minimum Gasteiger partial charge on any atom is -0.496 e. The van der Waals surface area contributed by atoms with Crippen molar-refractivity contribution in [3.05, 3.63) is 29.3 Å². The molecule has 7 nitrogen and oxygen atoms in total. The lowest BCUT2D eigenvalue weighted by Crippen LogP contribution is -2.50. The van der Waals surface area contributed by atoms with E-state index in [0.29, 0.717) is 25.8 Å². The maximum atomic E-state index is 12.7. The second-order valence-electron chi connectivity index (χ2n) is 7.43. The van der Waals surface area contributed by atoms with Crippen LogP contribution in [0.4, 0.5) is 4.79 Å². The Morgan fingerprint density at radius 3 is 2.70 bits per heavy atom. The summed E-state index contributed by atoms with van der Waals surface area (Å²) in [5, 5.41) is 5.64. The molecule has 0 aromatic heterocycles. The Kier molecular flexibility index (Phi) is 5.39. The lowest BCUT2D eigenvalue weighted by molar-refractivity contribution is -0.137. The van der Waals surface area contributed by atoms with Gasteiger partial charge in [0.05, 0.1) is 7.11 Å². The number of aryl methyl sites for hydroxylation is 1. The van der Waals surface area contributed by atoms with Crippen molar-refractivity contribution in [1.82, 2.24) is 15.5 Å². The lowest BCUT2D eigenvalue weighted by Gasteiger charge is -2.23. The van der Waals surface area contributed by atoms with Gasteiger partial charge in [-0.3, -0.25) is 9.59 Å². The minimum absolute atomic E-state index is 0.270. The number of urea groups is 1. The summed E-state index contributed by atoms with van der Waals surface area (Å²) >= 11 is 0. The molecule has 1 saturated heterocycles. The number of imide groups is 1. The first kappa shape index (κ1) is 19.2. The third kappa shape index (κ3) is 3.63. The van der Waals surface area contributed by atoms with Crippen molar-refractivity contribution in [3.8, 4) is 5.75 Å². The summed E-state index contributed by atoms with van der Waals surface area (Å²) in [5.74, 6) is 0.174. The van der Waals surface area contributed by atoms with Crippen LogP contribution in [-0.4, -0.2) is 48.0 Å². The highest BCUT2D eigenvalue weighted by Crippen LogP contribution is 2.35. The Morgan fingerprint density at radius 1 is 1.33 bits per heavy atom. The fraction of sp³-hybridized carbons (Fsp3) is 0.550. The summed E-state index contributed by atoms with van der Waals surface area (Å²) in [7, 11) is 1.62. The number of ether oxygens (including phenoxy) is 1. The summed E-state index contributed by atoms with van der Waals surface area (Å²) in [5.41, 5.74) is 1.33. The molecule has 4 amide bonds. The number of benzene rings is 1. The molecule has 3 rings (SSSR count). The van der Waals surface area contributed by atoms with Crippen LogP contribution in [0.15, 0.2) is 18.2 Å². The Morgan fingerprint density at radius 2 is 2.04 bits per heavy atom. The molecule has 2 N–H and O–H groups in total. The van der Waals surface area contributed by atoms with Gasteiger partial charge in [-0.15, -0.1) is 0 Å². The maximum absolute atomic E-state index is 12.7. The van der Waals surface area contributed by atoms with Gasteiger partial charge in [0, 0.05) is 6.54 Å². The second-order valence-corrected chi connectivity index (χ2v) is 7.43. The van der Waals surface area contributed by atoms with E-state index in [0.717, 1.165) is 34.6 Å². The molecule has 0 bridgehead atoms. The third-order valence-corrected chi connectivity index (χ3v) is 5.55. The summed E-state index contributed by atoms with van der Waals surface area (Å²) in [6.07, 6.45) is 3.73. The molecule has 27 heavy (non-hydrogen) atoms. The molecule has 1 unspecified atom stereocenters. The predicted molar refractivity (Wildman–Crippen MR) is 100 cm³/mol. The topological polar surface area (TPSA) is 87.7 Å². The summed E-state index contributed by atoms with van der Waals surface area (Å²) in [6.45, 7) is 3.99. The van der Waals surface area contributed by atoms with Gasteiger partial charge >= 0.3 is 6.03 Å². The van der Waals surface area contributed by atoms with E-state index in [-0.39, 0.29) is 11.8 Å². The number of nitrogens with one attached hydrogen (secondary N) is 2. The van der Waals surface area contributed by atoms with Crippen molar-refractivity contribution in [2.45, 2.75) is 57.5 Å². The third-order valence-electron chi connectivity index (χ3n) is 5.55. The van der Waals surface area contributed by atoms with Crippen LogP contribution in [0.3, 0.4) is 0 Å². The molecule has 1 spiro atoms. The van der Waals surface area contributed by atoms with Crippen LogP contribution in [-0.2, 0) is 16.0 Å². The van der Waals surface area contributed by atoms with E-state index < -0.39 is 17.6 Å². The first-order valence-corrected chi connectivity index (χ1v) is 9.45. The van der Waals surface area contributed by atoms with Crippen molar-refractivity contribution in [1.29, 1.82) is 0 Å². The molecule has 1 aromatic rings. The first-order valence-electron chi connectivity index (χ1n) is 9.45. The van der Waals surface area contributed by atoms with E-state index in [1.54, 1.807) is 14.0 Å². The smallest absolute Gasteiger partial charge is 0.325 e. The lowest BCUT2D eigenvalue weighted by atomic mass is 9.97. The molecular weight excluding hydrogens is 346 g/mol. The van der Waals surface area contributed by atoms with Crippen LogP contribution in [0.25, 0.3) is 0 Å². The molecule has 1 aliphatic carbocycles. The number of methoxy groups -OCH3 is 1. The van der Waals surface area contributed by atoms with E-state index in [2.05, 4.69) is 10.6 Å². The largest absolute Gasteiger partial charge is 0.496 e. The molecule has 1 saturated carbocycles. The minimum atomic E-state index is -0.836. The molecule has 1 heterocycles. The van der Waals surface area contributed by atoms with Crippen LogP contribution >= 0.6 is 0 Å². The monoisotopic (exact) mass is 373 g/mol. The second kappa shape index (κ2) is 7.58. The zero-order valence-corrected chi connectivity index (χ0v) is 16.1. The van der Waals surface area contributed by atoms with Gasteiger partial charge in [0.25, 0.3) is 5.91 Å². The van der Waals surface area contributed by atoms with Gasteiger partial charge in [0.1, 0.15) is 17.3 Å². The number of amides is 4. The van der Waals surface area contributed by atoms with Gasteiger partial charge in [-0.2, -0.15) is 0 Å². The highest BCUT2D eigenvalue weighted by molar-refractivity contribution is 6.09. The molecule has 0 radical (unpaired) electrons. The molecule has 1 atom stereocenters. The van der Waals surface area contributed by atoms with E-state index in [9.17, 15) is 14.4 Å². The van der Waals surface area contributed by atoms with Gasteiger partial charge in [0.2, 0.25) is 5.91 Å². The zero-order chi connectivity index (χ0) is 19.6. The normalized spacial score (nSPS) is 19.3. The summed E-state index contributed by atoms with van der Waals surface area (Å²) in [4.78, 5) is 38.7. The predicted octanol–water partition coefficient (Wildman–Crippen LogP) is 1.92. The van der Waals surface area contributed by atoms with Crippen molar-refractivity contribution in [2.75, 3.05) is 13.7 Å².